The predicted molar refractivity (Wildman–Crippen MR) is 81.4 cm³/mol. The third-order valence-corrected chi connectivity index (χ3v) is 3.84. The van der Waals surface area contributed by atoms with Gasteiger partial charge in [0.1, 0.15) is 0 Å². The van der Waals surface area contributed by atoms with Crippen LogP contribution in [-0.2, 0) is 0 Å². The molecule has 1 aliphatic rings. The Morgan fingerprint density at radius 3 is 2.06 bits per heavy atom. The highest BCUT2D eigenvalue weighted by molar-refractivity contribution is 7.23. The van der Waals surface area contributed by atoms with E-state index >= 15 is 0 Å². The predicted octanol–water partition coefficient (Wildman–Crippen LogP) is 4.63. The number of benzene rings is 2. The van der Waals surface area contributed by atoms with Crippen LogP contribution in [0.3, 0.4) is 0 Å². The molecule has 2 atom stereocenters. The van der Waals surface area contributed by atoms with Crippen molar-refractivity contribution in [3.8, 4) is 0 Å². The van der Waals surface area contributed by atoms with Crippen molar-refractivity contribution in [2.75, 3.05) is 0 Å². The lowest BCUT2D eigenvalue weighted by Gasteiger charge is -2.15. The van der Waals surface area contributed by atoms with Crippen molar-refractivity contribution in [3.05, 3.63) is 89.3 Å². The van der Waals surface area contributed by atoms with E-state index in [1.165, 1.54) is 22.0 Å². The second-order valence-electron chi connectivity index (χ2n) is 4.48. The minimum absolute atomic E-state index is 0.376. The summed E-state index contributed by atoms with van der Waals surface area (Å²) in [5.41, 5.74) is 4.05. The average molecular weight is 250 g/mol. The molecule has 0 saturated carbocycles. The second kappa shape index (κ2) is 4.92. The maximum Gasteiger partial charge on any atom is 0.0284 e. The van der Waals surface area contributed by atoms with Crippen molar-refractivity contribution in [1.29, 1.82) is 0 Å². The van der Waals surface area contributed by atoms with Gasteiger partial charge in [0.15, 0.2) is 0 Å². The zero-order chi connectivity index (χ0) is 12.4. The maximum atomic E-state index is 2.85. The number of rotatable bonds is 2. The van der Waals surface area contributed by atoms with Gasteiger partial charge in [0.2, 0.25) is 0 Å². The SMILES string of the molecule is PC1=C(c2ccccc2)C(c2ccccc2)C=C1. The van der Waals surface area contributed by atoms with E-state index in [4.69, 9.17) is 0 Å². The van der Waals surface area contributed by atoms with E-state index in [0.29, 0.717) is 5.92 Å². The summed E-state index contributed by atoms with van der Waals surface area (Å²) < 4.78 is 0. The Bertz CT molecular complexity index is 594. The second-order valence-corrected chi connectivity index (χ2v) is 5.10. The van der Waals surface area contributed by atoms with E-state index in [1.54, 1.807) is 0 Å². The molecule has 3 rings (SSSR count). The lowest BCUT2D eigenvalue weighted by molar-refractivity contribution is 1.12. The molecule has 88 valence electrons. The quantitative estimate of drug-likeness (QED) is 0.682. The molecule has 0 nitrogen and oxygen atoms in total. The molecule has 2 aromatic rings. The van der Waals surface area contributed by atoms with Crippen LogP contribution < -0.4 is 0 Å². The largest absolute Gasteiger partial charge is 0.105 e. The van der Waals surface area contributed by atoms with Gasteiger partial charge >= 0.3 is 0 Å². The van der Waals surface area contributed by atoms with Gasteiger partial charge in [0.25, 0.3) is 0 Å². The molecule has 0 bridgehead atoms. The molecule has 0 aliphatic heterocycles. The Morgan fingerprint density at radius 1 is 0.778 bits per heavy atom. The Labute approximate surface area is 110 Å². The highest BCUT2D eigenvalue weighted by Gasteiger charge is 2.21. The summed E-state index contributed by atoms with van der Waals surface area (Å²) in [5, 5.41) is 1.29. The van der Waals surface area contributed by atoms with Crippen LogP contribution in [0, 0.1) is 0 Å². The third-order valence-electron chi connectivity index (χ3n) is 3.33. The molecule has 0 aromatic heterocycles. The van der Waals surface area contributed by atoms with Gasteiger partial charge in [-0.3, -0.25) is 0 Å². The van der Waals surface area contributed by atoms with Crippen LogP contribution in [0.2, 0.25) is 0 Å². The first-order valence-electron chi connectivity index (χ1n) is 6.14. The van der Waals surface area contributed by atoms with Crippen molar-refractivity contribution in [2.24, 2.45) is 0 Å². The van der Waals surface area contributed by atoms with Gasteiger partial charge in [-0.2, -0.15) is 0 Å². The first kappa shape index (κ1) is 11.4. The Morgan fingerprint density at radius 2 is 1.39 bits per heavy atom. The summed E-state index contributed by atoms with van der Waals surface area (Å²) in [6, 6.07) is 21.3. The van der Waals surface area contributed by atoms with Crippen LogP contribution in [-0.4, -0.2) is 0 Å². The smallest absolute Gasteiger partial charge is 0.0284 e. The highest BCUT2D eigenvalue weighted by Crippen LogP contribution is 2.42. The van der Waals surface area contributed by atoms with Gasteiger partial charge in [0, 0.05) is 5.92 Å². The van der Waals surface area contributed by atoms with Crippen LogP contribution in [0.5, 0.6) is 0 Å². The van der Waals surface area contributed by atoms with E-state index in [0.717, 1.165) is 0 Å². The van der Waals surface area contributed by atoms with Gasteiger partial charge in [0.05, 0.1) is 0 Å². The molecule has 0 amide bonds. The minimum atomic E-state index is 0.376. The summed E-state index contributed by atoms with van der Waals surface area (Å²) in [6.45, 7) is 0. The molecule has 2 aromatic carbocycles. The van der Waals surface area contributed by atoms with Crippen molar-refractivity contribution in [3.63, 3.8) is 0 Å². The molecule has 0 fully saturated rings. The third kappa shape index (κ3) is 2.05. The Hall–Kier alpha value is -1.65. The Kier molecular flexibility index (Phi) is 3.13. The van der Waals surface area contributed by atoms with Crippen molar-refractivity contribution in [1.82, 2.24) is 0 Å². The molecule has 0 spiro atoms. The number of hydrogen-bond acceptors (Lipinski definition) is 0. The number of allylic oxidation sites excluding steroid dienone is 4. The fourth-order valence-corrected chi connectivity index (χ4v) is 2.92. The normalized spacial score (nSPS) is 18.4. The standard InChI is InChI=1S/C17H15P/c18-16-12-11-15(13-7-3-1-4-8-13)17(16)14-9-5-2-6-10-14/h1-12,15H,18H2. The first-order chi connectivity index (χ1) is 8.86. The average Bonchev–Trinajstić information content (AvgIpc) is 2.83. The van der Waals surface area contributed by atoms with E-state index in [-0.39, 0.29) is 0 Å². The van der Waals surface area contributed by atoms with Gasteiger partial charge in [-0.05, 0) is 22.0 Å². The molecule has 0 N–H and O–H groups in total. The van der Waals surface area contributed by atoms with Crippen molar-refractivity contribution >= 4 is 14.8 Å². The van der Waals surface area contributed by atoms with Crippen LogP contribution in [0.1, 0.15) is 17.0 Å². The molecule has 0 saturated heterocycles. The van der Waals surface area contributed by atoms with Gasteiger partial charge in [-0.15, -0.1) is 9.24 Å². The van der Waals surface area contributed by atoms with Crippen LogP contribution in [0.4, 0.5) is 0 Å². The van der Waals surface area contributed by atoms with Crippen LogP contribution >= 0.6 is 9.24 Å². The summed E-state index contributed by atoms with van der Waals surface area (Å²) in [4.78, 5) is 0. The summed E-state index contributed by atoms with van der Waals surface area (Å²) in [7, 11) is 2.85. The molecule has 1 aliphatic carbocycles. The van der Waals surface area contributed by atoms with E-state index < -0.39 is 0 Å². The van der Waals surface area contributed by atoms with E-state index in [2.05, 4.69) is 82.1 Å². The number of hydrogen-bond donors (Lipinski definition) is 0. The summed E-state index contributed by atoms with van der Waals surface area (Å²) >= 11 is 0. The molecule has 0 radical (unpaired) electrons. The van der Waals surface area contributed by atoms with Crippen molar-refractivity contribution in [2.45, 2.75) is 5.92 Å². The Balaban J connectivity index is 2.06. The molecule has 1 heteroatoms. The summed E-state index contributed by atoms with van der Waals surface area (Å²) in [6.07, 6.45) is 4.48. The summed E-state index contributed by atoms with van der Waals surface area (Å²) in [5.74, 6) is 0.376. The molecular formula is C17H15P. The van der Waals surface area contributed by atoms with Gasteiger partial charge in [-0.25, -0.2) is 0 Å². The maximum absolute atomic E-state index is 2.85. The highest BCUT2D eigenvalue weighted by atomic mass is 31.0. The fourth-order valence-electron chi connectivity index (χ4n) is 2.47. The lowest BCUT2D eigenvalue weighted by atomic mass is 9.89. The lowest BCUT2D eigenvalue weighted by Crippen LogP contribution is -1.96. The first-order valence-corrected chi connectivity index (χ1v) is 6.72. The minimum Gasteiger partial charge on any atom is -0.105 e. The van der Waals surface area contributed by atoms with Gasteiger partial charge in [-0.1, -0.05) is 72.8 Å². The van der Waals surface area contributed by atoms with Crippen LogP contribution in [0.25, 0.3) is 5.57 Å². The van der Waals surface area contributed by atoms with Crippen LogP contribution in [0.15, 0.2) is 78.1 Å². The van der Waals surface area contributed by atoms with E-state index in [9.17, 15) is 0 Å². The molecular weight excluding hydrogens is 235 g/mol. The monoisotopic (exact) mass is 250 g/mol. The van der Waals surface area contributed by atoms with Crippen molar-refractivity contribution < 1.29 is 0 Å². The fraction of sp³-hybridized carbons (Fsp3) is 0.0588. The van der Waals surface area contributed by atoms with E-state index in [1.807, 2.05) is 0 Å². The topological polar surface area (TPSA) is 0 Å². The molecule has 18 heavy (non-hydrogen) atoms. The van der Waals surface area contributed by atoms with Gasteiger partial charge < -0.3 is 0 Å². The zero-order valence-electron chi connectivity index (χ0n) is 10.1. The zero-order valence-corrected chi connectivity index (χ0v) is 11.2. The molecule has 2 unspecified atom stereocenters. The molecule has 0 heterocycles.